The second-order valence-electron chi connectivity index (χ2n) is 4.08. The van der Waals surface area contributed by atoms with Gasteiger partial charge in [-0.2, -0.15) is 8.78 Å². The van der Waals surface area contributed by atoms with Crippen LogP contribution in [0.15, 0.2) is 48.5 Å². The summed E-state index contributed by atoms with van der Waals surface area (Å²) in [5.74, 6) is -2.96. The predicted molar refractivity (Wildman–Crippen MR) is 75.3 cm³/mol. The molecular weight excluding hydrogens is 291 g/mol. The standard InChI is InChI=1S/C14H11Cl2F2N/c15-11-6-12(16)8-13(7-11)19-9-14(17,18)10-4-2-1-3-5-10/h1-8,19H,9H2. The first kappa shape index (κ1) is 14.1. The molecule has 100 valence electrons. The number of nitrogens with one attached hydrogen (secondary N) is 1. The van der Waals surface area contributed by atoms with Gasteiger partial charge in [-0.05, 0) is 18.2 Å². The van der Waals surface area contributed by atoms with Crippen molar-refractivity contribution in [3.63, 3.8) is 0 Å². The highest BCUT2D eigenvalue weighted by Crippen LogP contribution is 2.29. The highest BCUT2D eigenvalue weighted by molar-refractivity contribution is 6.35. The van der Waals surface area contributed by atoms with Crippen LogP contribution in [0.3, 0.4) is 0 Å². The van der Waals surface area contributed by atoms with Crippen molar-refractivity contribution < 1.29 is 8.78 Å². The fourth-order valence-corrected chi connectivity index (χ4v) is 2.18. The van der Waals surface area contributed by atoms with Crippen molar-refractivity contribution in [3.05, 3.63) is 64.1 Å². The van der Waals surface area contributed by atoms with Gasteiger partial charge in [-0.3, -0.25) is 0 Å². The fourth-order valence-electron chi connectivity index (χ4n) is 1.65. The molecule has 2 rings (SSSR count). The monoisotopic (exact) mass is 301 g/mol. The van der Waals surface area contributed by atoms with Crippen LogP contribution in [0, 0.1) is 0 Å². The fraction of sp³-hybridized carbons (Fsp3) is 0.143. The van der Waals surface area contributed by atoms with Crippen LogP contribution in [0.1, 0.15) is 5.56 Å². The SMILES string of the molecule is FC(F)(CNc1cc(Cl)cc(Cl)c1)c1ccccc1. The van der Waals surface area contributed by atoms with Crippen molar-refractivity contribution in [3.8, 4) is 0 Å². The summed E-state index contributed by atoms with van der Waals surface area (Å²) in [6.45, 7) is -0.520. The van der Waals surface area contributed by atoms with Crippen molar-refractivity contribution in [2.24, 2.45) is 0 Å². The molecule has 0 aliphatic carbocycles. The zero-order chi connectivity index (χ0) is 13.9. The van der Waals surface area contributed by atoms with Crippen molar-refractivity contribution in [2.75, 3.05) is 11.9 Å². The third-order valence-corrected chi connectivity index (χ3v) is 3.01. The summed E-state index contributed by atoms with van der Waals surface area (Å²) in [6, 6.07) is 12.3. The Labute approximate surface area is 120 Å². The van der Waals surface area contributed by atoms with Crippen LogP contribution in [0.4, 0.5) is 14.5 Å². The molecule has 0 aliphatic heterocycles. The summed E-state index contributed by atoms with van der Waals surface area (Å²) in [6.07, 6.45) is 0. The van der Waals surface area contributed by atoms with Crippen LogP contribution in [-0.4, -0.2) is 6.54 Å². The van der Waals surface area contributed by atoms with E-state index in [4.69, 9.17) is 23.2 Å². The molecule has 1 N–H and O–H groups in total. The van der Waals surface area contributed by atoms with E-state index in [-0.39, 0.29) is 5.56 Å². The lowest BCUT2D eigenvalue weighted by Gasteiger charge is -2.18. The summed E-state index contributed by atoms with van der Waals surface area (Å²) < 4.78 is 27.8. The maximum absolute atomic E-state index is 13.9. The van der Waals surface area contributed by atoms with Crippen LogP contribution in [0.5, 0.6) is 0 Å². The van der Waals surface area contributed by atoms with E-state index < -0.39 is 12.5 Å². The Hall–Kier alpha value is -1.32. The summed E-state index contributed by atoms with van der Waals surface area (Å²) in [7, 11) is 0. The zero-order valence-electron chi connectivity index (χ0n) is 9.84. The average Bonchev–Trinajstić information content (AvgIpc) is 2.37. The third-order valence-electron chi connectivity index (χ3n) is 2.57. The summed E-state index contributed by atoms with van der Waals surface area (Å²) >= 11 is 11.6. The van der Waals surface area contributed by atoms with Crippen molar-refractivity contribution >= 4 is 28.9 Å². The van der Waals surface area contributed by atoms with Gasteiger partial charge in [0, 0.05) is 21.3 Å². The lowest BCUT2D eigenvalue weighted by Crippen LogP contribution is -2.24. The maximum Gasteiger partial charge on any atom is 0.290 e. The Bertz CT molecular complexity index is 538. The molecule has 19 heavy (non-hydrogen) atoms. The number of hydrogen-bond donors (Lipinski definition) is 1. The molecule has 0 radical (unpaired) electrons. The Morgan fingerprint density at radius 2 is 1.53 bits per heavy atom. The number of rotatable bonds is 4. The Morgan fingerprint density at radius 1 is 0.947 bits per heavy atom. The molecule has 1 nitrogen and oxygen atoms in total. The molecule has 0 spiro atoms. The van der Waals surface area contributed by atoms with Gasteiger partial charge in [-0.25, -0.2) is 0 Å². The van der Waals surface area contributed by atoms with Gasteiger partial charge in [-0.1, -0.05) is 53.5 Å². The topological polar surface area (TPSA) is 12.0 Å². The lowest BCUT2D eigenvalue weighted by molar-refractivity contribution is 0.0106. The molecule has 0 aromatic heterocycles. The van der Waals surface area contributed by atoms with E-state index in [2.05, 4.69) is 5.32 Å². The van der Waals surface area contributed by atoms with Gasteiger partial charge >= 0.3 is 0 Å². The molecule has 0 atom stereocenters. The first-order valence-electron chi connectivity index (χ1n) is 5.61. The maximum atomic E-state index is 13.9. The third kappa shape index (κ3) is 3.82. The molecule has 0 saturated carbocycles. The molecule has 2 aromatic carbocycles. The first-order valence-corrected chi connectivity index (χ1v) is 6.36. The Kier molecular flexibility index (Phi) is 4.27. The first-order chi connectivity index (χ1) is 8.97. The number of anilines is 1. The van der Waals surface area contributed by atoms with Gasteiger partial charge in [0.25, 0.3) is 5.92 Å². The second kappa shape index (κ2) is 5.76. The molecule has 0 heterocycles. The molecule has 2 aromatic rings. The van der Waals surface area contributed by atoms with Crippen LogP contribution in [-0.2, 0) is 5.92 Å². The molecule has 0 aliphatic rings. The predicted octanol–water partition coefficient (Wildman–Crippen LogP) is 5.20. The van der Waals surface area contributed by atoms with Crippen LogP contribution >= 0.6 is 23.2 Å². The zero-order valence-corrected chi connectivity index (χ0v) is 11.3. The van der Waals surface area contributed by atoms with E-state index in [1.165, 1.54) is 12.1 Å². The van der Waals surface area contributed by atoms with E-state index in [1.54, 1.807) is 36.4 Å². The minimum absolute atomic E-state index is 0.0318. The van der Waals surface area contributed by atoms with E-state index >= 15 is 0 Å². The van der Waals surface area contributed by atoms with Crippen molar-refractivity contribution in [2.45, 2.75) is 5.92 Å². The number of alkyl halides is 2. The number of benzene rings is 2. The van der Waals surface area contributed by atoms with Crippen molar-refractivity contribution in [1.82, 2.24) is 0 Å². The minimum Gasteiger partial charge on any atom is -0.379 e. The number of hydrogen-bond acceptors (Lipinski definition) is 1. The summed E-state index contributed by atoms with van der Waals surface area (Å²) in [5.41, 5.74) is 0.434. The van der Waals surface area contributed by atoms with Crippen LogP contribution in [0.2, 0.25) is 10.0 Å². The van der Waals surface area contributed by atoms with E-state index in [0.717, 1.165) is 0 Å². The van der Waals surface area contributed by atoms with Crippen molar-refractivity contribution in [1.29, 1.82) is 0 Å². The lowest BCUT2D eigenvalue weighted by atomic mass is 10.1. The average molecular weight is 302 g/mol. The van der Waals surface area contributed by atoms with Crippen LogP contribution < -0.4 is 5.32 Å². The van der Waals surface area contributed by atoms with Gasteiger partial charge in [0.2, 0.25) is 0 Å². The molecule has 0 unspecified atom stereocenters. The smallest absolute Gasteiger partial charge is 0.290 e. The molecule has 0 fully saturated rings. The van der Waals surface area contributed by atoms with Crippen LogP contribution in [0.25, 0.3) is 0 Å². The Morgan fingerprint density at radius 3 is 2.11 bits per heavy atom. The van der Waals surface area contributed by atoms with Gasteiger partial charge < -0.3 is 5.32 Å². The van der Waals surface area contributed by atoms with Gasteiger partial charge in [0.05, 0.1) is 6.54 Å². The van der Waals surface area contributed by atoms with Gasteiger partial charge in [0.15, 0.2) is 0 Å². The molecule has 0 bridgehead atoms. The second-order valence-corrected chi connectivity index (χ2v) is 4.96. The van der Waals surface area contributed by atoms with Gasteiger partial charge in [-0.15, -0.1) is 0 Å². The molecule has 0 saturated heterocycles. The molecule has 5 heteroatoms. The quantitative estimate of drug-likeness (QED) is 0.818. The largest absolute Gasteiger partial charge is 0.379 e. The highest BCUT2D eigenvalue weighted by atomic mass is 35.5. The summed E-state index contributed by atoms with van der Waals surface area (Å²) in [5, 5.41) is 3.45. The number of halogens is 4. The Balaban J connectivity index is 2.09. The van der Waals surface area contributed by atoms with E-state index in [1.807, 2.05) is 0 Å². The van der Waals surface area contributed by atoms with Gasteiger partial charge in [0.1, 0.15) is 0 Å². The van der Waals surface area contributed by atoms with E-state index in [9.17, 15) is 8.78 Å². The normalized spacial score (nSPS) is 11.4. The van der Waals surface area contributed by atoms with E-state index in [0.29, 0.717) is 15.7 Å². The summed E-state index contributed by atoms with van der Waals surface area (Å²) in [4.78, 5) is 0. The molecular formula is C14H11Cl2F2N. The molecule has 0 amide bonds. The minimum atomic E-state index is -2.96. The highest BCUT2D eigenvalue weighted by Gasteiger charge is 2.30.